The number of ether oxygens (including phenoxy) is 1. The summed E-state index contributed by atoms with van der Waals surface area (Å²) in [5.41, 5.74) is 2.61. The summed E-state index contributed by atoms with van der Waals surface area (Å²) in [6, 6.07) is 8.87. The Bertz CT molecular complexity index is 979. The Kier molecular flexibility index (Phi) is 4.04. The Labute approximate surface area is 138 Å². The number of nitrogens with zero attached hydrogens (tertiary/aromatic N) is 2. The van der Waals surface area contributed by atoms with E-state index in [1.807, 2.05) is 12.1 Å². The average Bonchev–Trinajstić information content (AvgIpc) is 2.99. The molecule has 0 atom stereocenters. The van der Waals surface area contributed by atoms with Crippen LogP contribution < -0.4 is 4.74 Å². The van der Waals surface area contributed by atoms with Crippen molar-refractivity contribution in [1.82, 2.24) is 9.55 Å². The number of pyridine rings is 1. The Balaban J connectivity index is 2.26. The van der Waals surface area contributed by atoms with Crippen molar-refractivity contribution >= 4 is 28.6 Å². The van der Waals surface area contributed by atoms with Gasteiger partial charge in [0.2, 0.25) is 0 Å². The lowest BCUT2D eigenvalue weighted by molar-refractivity contribution is 0.197. The first-order valence-electron chi connectivity index (χ1n) is 7.15. The van der Waals surface area contributed by atoms with Crippen molar-refractivity contribution in [3.63, 3.8) is 0 Å². The monoisotopic (exact) mass is 318 g/mol. The molecule has 0 aliphatic heterocycles. The molecule has 3 aromatic rings. The maximum atomic E-state index is 11.5. The number of hydrogen-bond donors (Lipinski definition) is 1. The molecule has 0 saturated carbocycles. The normalized spacial score (nSPS) is 11.2. The van der Waals surface area contributed by atoms with Gasteiger partial charge in [-0.15, -0.1) is 6.42 Å². The molecule has 3 rings (SSSR count). The zero-order valence-electron chi connectivity index (χ0n) is 12.9. The minimum Gasteiger partial charge on any atom is -0.497 e. The van der Waals surface area contributed by atoms with Crippen LogP contribution in [0.3, 0.4) is 0 Å². The lowest BCUT2D eigenvalue weighted by atomic mass is 10.0. The molecule has 0 amide bonds. The summed E-state index contributed by atoms with van der Waals surface area (Å²) in [6.07, 6.45) is 11.3. The van der Waals surface area contributed by atoms with Gasteiger partial charge in [-0.2, -0.15) is 0 Å². The van der Waals surface area contributed by atoms with Gasteiger partial charge in [0, 0.05) is 35.1 Å². The number of allylic oxidation sites excluding steroid dienone is 1. The number of methoxy groups -OCH3 is 1. The lowest BCUT2D eigenvalue weighted by Gasteiger charge is -2.02. The topological polar surface area (TPSA) is 64.4 Å². The van der Waals surface area contributed by atoms with E-state index < -0.39 is 6.09 Å². The van der Waals surface area contributed by atoms with Crippen LogP contribution in [-0.4, -0.2) is 27.9 Å². The van der Waals surface area contributed by atoms with Gasteiger partial charge in [-0.1, -0.05) is 12.0 Å². The summed E-state index contributed by atoms with van der Waals surface area (Å²) in [7, 11) is 1.56. The largest absolute Gasteiger partial charge is 0.497 e. The number of benzene rings is 1. The van der Waals surface area contributed by atoms with Gasteiger partial charge in [-0.3, -0.25) is 9.55 Å². The Morgan fingerprint density at radius 3 is 2.88 bits per heavy atom. The molecule has 2 heterocycles. The number of terminal acetylenes is 1. The zero-order chi connectivity index (χ0) is 17.1. The van der Waals surface area contributed by atoms with Crippen LogP contribution in [0.1, 0.15) is 11.1 Å². The van der Waals surface area contributed by atoms with Gasteiger partial charge in [-0.25, -0.2) is 4.79 Å². The standard InChI is InChI=1S/C19H14N2O3/c1-3-14(9-13-5-4-8-20-11-13)17-12-21(19(22)23)18-7-6-15(24-2)10-16(17)18/h1,4-12H,2H3,(H,22,23)/b14-9+. The highest BCUT2D eigenvalue weighted by Crippen LogP contribution is 2.31. The smallest absolute Gasteiger partial charge is 0.416 e. The fourth-order valence-electron chi connectivity index (χ4n) is 2.53. The molecule has 0 aliphatic rings. The molecule has 0 radical (unpaired) electrons. The maximum absolute atomic E-state index is 11.5. The van der Waals surface area contributed by atoms with Crippen LogP contribution in [0.25, 0.3) is 22.6 Å². The van der Waals surface area contributed by atoms with Crippen molar-refractivity contribution in [2.24, 2.45) is 0 Å². The van der Waals surface area contributed by atoms with Gasteiger partial charge >= 0.3 is 6.09 Å². The highest BCUT2D eigenvalue weighted by atomic mass is 16.5. The number of carboxylic acid groups (broad SMARTS) is 1. The molecule has 0 unspecified atom stereocenters. The third-order valence-corrected chi connectivity index (χ3v) is 3.66. The third-order valence-electron chi connectivity index (χ3n) is 3.66. The first-order chi connectivity index (χ1) is 11.6. The molecule has 2 aromatic heterocycles. The highest BCUT2D eigenvalue weighted by Gasteiger charge is 2.15. The molecule has 0 aliphatic carbocycles. The number of rotatable bonds is 3. The van der Waals surface area contributed by atoms with Gasteiger partial charge < -0.3 is 9.84 Å². The third kappa shape index (κ3) is 2.73. The van der Waals surface area contributed by atoms with Gasteiger partial charge in [0.25, 0.3) is 0 Å². The summed E-state index contributed by atoms with van der Waals surface area (Å²) < 4.78 is 6.39. The van der Waals surface area contributed by atoms with E-state index in [0.717, 1.165) is 10.1 Å². The summed E-state index contributed by atoms with van der Waals surface area (Å²) in [6.45, 7) is 0. The molecule has 1 N–H and O–H groups in total. The van der Waals surface area contributed by atoms with Crippen LogP contribution in [0.4, 0.5) is 4.79 Å². The van der Waals surface area contributed by atoms with E-state index in [1.54, 1.807) is 43.8 Å². The minimum absolute atomic E-state index is 0.547. The second-order valence-electron chi connectivity index (χ2n) is 5.07. The van der Waals surface area contributed by atoms with Crippen LogP contribution in [0.5, 0.6) is 5.75 Å². The van der Waals surface area contributed by atoms with Crippen molar-refractivity contribution in [2.45, 2.75) is 0 Å². The Hall–Kier alpha value is -3.52. The molecule has 5 nitrogen and oxygen atoms in total. The van der Waals surface area contributed by atoms with E-state index in [-0.39, 0.29) is 0 Å². The van der Waals surface area contributed by atoms with Gasteiger partial charge in [0.1, 0.15) is 5.75 Å². The van der Waals surface area contributed by atoms with Crippen molar-refractivity contribution < 1.29 is 14.6 Å². The van der Waals surface area contributed by atoms with Crippen LogP contribution in [0.2, 0.25) is 0 Å². The summed E-state index contributed by atoms with van der Waals surface area (Å²) in [5.74, 6) is 3.26. The molecule has 1 aromatic carbocycles. The number of aromatic nitrogens is 2. The minimum atomic E-state index is -1.07. The number of fused-ring (bicyclic) bond motifs is 1. The molecule has 118 valence electrons. The second kappa shape index (κ2) is 6.31. The van der Waals surface area contributed by atoms with E-state index in [2.05, 4.69) is 10.9 Å². The highest BCUT2D eigenvalue weighted by molar-refractivity contribution is 6.04. The zero-order valence-corrected chi connectivity index (χ0v) is 12.9. The van der Waals surface area contributed by atoms with Crippen molar-refractivity contribution in [3.05, 3.63) is 60.0 Å². The Morgan fingerprint density at radius 2 is 2.25 bits per heavy atom. The molecular formula is C19H14N2O3. The van der Waals surface area contributed by atoms with E-state index >= 15 is 0 Å². The maximum Gasteiger partial charge on any atom is 0.416 e. The van der Waals surface area contributed by atoms with Crippen molar-refractivity contribution in [3.8, 4) is 18.1 Å². The summed E-state index contributed by atoms with van der Waals surface area (Å²) in [4.78, 5) is 15.6. The average molecular weight is 318 g/mol. The Morgan fingerprint density at radius 1 is 1.42 bits per heavy atom. The van der Waals surface area contributed by atoms with Crippen molar-refractivity contribution in [1.29, 1.82) is 0 Å². The van der Waals surface area contributed by atoms with E-state index in [0.29, 0.717) is 27.8 Å². The molecule has 0 fully saturated rings. The fraction of sp³-hybridized carbons (Fsp3) is 0.0526. The molecule has 5 heteroatoms. The second-order valence-corrected chi connectivity index (χ2v) is 5.07. The van der Waals surface area contributed by atoms with Crippen LogP contribution in [-0.2, 0) is 0 Å². The van der Waals surface area contributed by atoms with E-state index in [1.165, 1.54) is 6.20 Å². The van der Waals surface area contributed by atoms with Gasteiger partial charge in [0.15, 0.2) is 0 Å². The predicted molar refractivity (Wildman–Crippen MR) is 92.9 cm³/mol. The number of hydrogen-bond acceptors (Lipinski definition) is 3. The quantitative estimate of drug-likeness (QED) is 0.747. The molecule has 0 saturated heterocycles. The SMILES string of the molecule is C#C/C(=C\c1cccnc1)c1cn(C(=O)O)c2ccc(OC)cc12. The molecule has 0 bridgehead atoms. The lowest BCUT2D eigenvalue weighted by Crippen LogP contribution is -2.05. The van der Waals surface area contributed by atoms with Crippen LogP contribution in [0, 0.1) is 12.3 Å². The van der Waals surface area contributed by atoms with E-state index in [9.17, 15) is 9.90 Å². The molecule has 24 heavy (non-hydrogen) atoms. The molecular weight excluding hydrogens is 304 g/mol. The van der Waals surface area contributed by atoms with Gasteiger partial charge in [0.05, 0.1) is 12.6 Å². The van der Waals surface area contributed by atoms with Crippen LogP contribution in [0.15, 0.2) is 48.9 Å². The molecule has 0 spiro atoms. The first-order valence-corrected chi connectivity index (χ1v) is 7.15. The predicted octanol–water partition coefficient (Wildman–Crippen LogP) is 3.74. The first kappa shape index (κ1) is 15.4. The van der Waals surface area contributed by atoms with Crippen LogP contribution >= 0.6 is 0 Å². The number of carbonyl (C=O) groups is 1. The van der Waals surface area contributed by atoms with E-state index in [4.69, 9.17) is 11.2 Å². The fourth-order valence-corrected chi connectivity index (χ4v) is 2.53. The summed E-state index contributed by atoms with van der Waals surface area (Å²) in [5, 5.41) is 10.1. The van der Waals surface area contributed by atoms with Gasteiger partial charge in [-0.05, 0) is 35.9 Å². The van der Waals surface area contributed by atoms with Crippen molar-refractivity contribution in [2.75, 3.05) is 7.11 Å². The summed E-state index contributed by atoms with van der Waals surface area (Å²) >= 11 is 0.